The van der Waals surface area contributed by atoms with Crippen molar-refractivity contribution in [1.82, 2.24) is 0 Å². The molecule has 0 amide bonds. The molecule has 0 aliphatic carbocycles. The molecule has 4 rings (SSSR count). The van der Waals surface area contributed by atoms with Crippen molar-refractivity contribution in [2.75, 3.05) is 0 Å². The van der Waals surface area contributed by atoms with E-state index in [1.165, 1.54) is 30.3 Å². The second-order valence-corrected chi connectivity index (χ2v) is 7.19. The van der Waals surface area contributed by atoms with Crippen molar-refractivity contribution >= 4 is 16.9 Å². The molecule has 1 fully saturated rings. The second kappa shape index (κ2) is 8.13. The van der Waals surface area contributed by atoms with E-state index in [0.717, 1.165) is 12.1 Å². The predicted molar refractivity (Wildman–Crippen MR) is 106 cm³/mol. The van der Waals surface area contributed by atoms with Crippen LogP contribution in [0.3, 0.4) is 0 Å². The molecule has 168 valence electrons. The van der Waals surface area contributed by atoms with Crippen LogP contribution in [0.5, 0.6) is 17.2 Å². The van der Waals surface area contributed by atoms with E-state index in [9.17, 15) is 35.1 Å². The van der Waals surface area contributed by atoms with Crippen molar-refractivity contribution in [3.8, 4) is 28.6 Å². The zero-order chi connectivity index (χ0) is 23.2. The fraction of sp³-hybridized carbons (Fsp3) is 0.238. The van der Waals surface area contributed by atoms with Crippen molar-refractivity contribution in [2.24, 2.45) is 0 Å². The van der Waals surface area contributed by atoms with Crippen LogP contribution < -0.4 is 10.2 Å². The van der Waals surface area contributed by atoms with Gasteiger partial charge in [-0.15, -0.1) is 0 Å². The Balaban J connectivity index is 1.71. The van der Waals surface area contributed by atoms with Gasteiger partial charge in [-0.05, 0) is 30.3 Å². The Morgan fingerprint density at radius 1 is 0.938 bits per heavy atom. The van der Waals surface area contributed by atoms with Crippen molar-refractivity contribution in [3.05, 3.63) is 52.7 Å². The number of carboxylic acids is 1. The quantitative estimate of drug-likeness (QED) is 0.320. The SMILES string of the molecule is O=C(O)C1OC(Oc2cc3oc(-c4ccc(O)cc4)cc(=O)c3cc2O)C(O)C(O)C1O. The first-order valence-corrected chi connectivity index (χ1v) is 9.35. The number of aromatic hydroxyl groups is 2. The van der Waals surface area contributed by atoms with E-state index >= 15 is 0 Å². The molecule has 0 radical (unpaired) electrons. The monoisotopic (exact) mass is 446 g/mol. The Morgan fingerprint density at radius 2 is 1.62 bits per heavy atom. The van der Waals surface area contributed by atoms with Crippen LogP contribution in [0.1, 0.15) is 0 Å². The fourth-order valence-electron chi connectivity index (χ4n) is 3.31. The van der Waals surface area contributed by atoms with Crippen molar-refractivity contribution < 1.29 is 49.3 Å². The Kier molecular flexibility index (Phi) is 5.48. The number of fused-ring (bicyclic) bond motifs is 1. The summed E-state index contributed by atoms with van der Waals surface area (Å²) in [5, 5.41) is 58.6. The summed E-state index contributed by atoms with van der Waals surface area (Å²) in [7, 11) is 0. The Hall–Kier alpha value is -3.64. The maximum absolute atomic E-state index is 12.5. The summed E-state index contributed by atoms with van der Waals surface area (Å²) in [6.45, 7) is 0. The van der Waals surface area contributed by atoms with Gasteiger partial charge in [0, 0.05) is 17.7 Å². The lowest BCUT2D eigenvalue weighted by Gasteiger charge is -2.38. The van der Waals surface area contributed by atoms with Gasteiger partial charge >= 0.3 is 5.97 Å². The maximum atomic E-state index is 12.5. The fourth-order valence-corrected chi connectivity index (χ4v) is 3.31. The van der Waals surface area contributed by atoms with Gasteiger partial charge in [-0.1, -0.05) is 0 Å². The van der Waals surface area contributed by atoms with E-state index in [2.05, 4.69) is 0 Å². The molecule has 11 heteroatoms. The molecule has 5 atom stereocenters. The number of carbonyl (C=O) groups is 1. The molecule has 1 aromatic heterocycles. The number of rotatable bonds is 4. The molecule has 0 spiro atoms. The van der Waals surface area contributed by atoms with Crippen molar-refractivity contribution in [3.63, 3.8) is 0 Å². The van der Waals surface area contributed by atoms with Gasteiger partial charge in [0.05, 0.1) is 5.39 Å². The molecule has 5 unspecified atom stereocenters. The molecule has 0 saturated carbocycles. The first-order valence-electron chi connectivity index (χ1n) is 9.35. The highest BCUT2D eigenvalue weighted by Gasteiger charge is 2.48. The molecular formula is C21H18O11. The van der Waals surface area contributed by atoms with Crippen LogP contribution in [0.2, 0.25) is 0 Å². The minimum atomic E-state index is -1.90. The second-order valence-electron chi connectivity index (χ2n) is 7.19. The normalized spacial score (nSPS) is 25.5. The zero-order valence-electron chi connectivity index (χ0n) is 16.2. The van der Waals surface area contributed by atoms with Crippen LogP contribution in [-0.4, -0.2) is 67.3 Å². The summed E-state index contributed by atoms with van der Waals surface area (Å²) < 4.78 is 16.1. The lowest BCUT2D eigenvalue weighted by Crippen LogP contribution is -2.61. The molecule has 32 heavy (non-hydrogen) atoms. The molecule has 2 aromatic carbocycles. The molecule has 11 nitrogen and oxygen atoms in total. The lowest BCUT2D eigenvalue weighted by atomic mass is 9.99. The van der Waals surface area contributed by atoms with Gasteiger partial charge in [0.15, 0.2) is 23.0 Å². The van der Waals surface area contributed by atoms with E-state index in [0.29, 0.717) is 5.56 Å². The van der Waals surface area contributed by atoms with Gasteiger partial charge < -0.3 is 44.5 Å². The average Bonchev–Trinajstić information content (AvgIpc) is 2.75. The molecule has 3 aromatic rings. The van der Waals surface area contributed by atoms with Crippen molar-refractivity contribution in [1.29, 1.82) is 0 Å². The average molecular weight is 446 g/mol. The summed E-state index contributed by atoms with van der Waals surface area (Å²) in [4.78, 5) is 23.7. The van der Waals surface area contributed by atoms with Crippen LogP contribution in [0, 0.1) is 0 Å². The summed E-state index contributed by atoms with van der Waals surface area (Å²) in [6, 6.07) is 9.28. The van der Waals surface area contributed by atoms with Gasteiger partial charge in [-0.3, -0.25) is 4.79 Å². The third-order valence-corrected chi connectivity index (χ3v) is 5.02. The van der Waals surface area contributed by atoms with Gasteiger partial charge in [-0.25, -0.2) is 4.79 Å². The Labute approximate surface area is 178 Å². The first-order chi connectivity index (χ1) is 15.2. The highest BCUT2D eigenvalue weighted by atomic mass is 16.7. The summed E-state index contributed by atoms with van der Waals surface area (Å²) in [6.07, 6.45) is -9.29. The predicted octanol–water partition coefficient (Wildman–Crippen LogP) is 0.142. The van der Waals surface area contributed by atoms with Gasteiger partial charge in [0.2, 0.25) is 6.29 Å². The number of ether oxygens (including phenoxy) is 2. The van der Waals surface area contributed by atoms with Crippen molar-refractivity contribution in [2.45, 2.75) is 30.7 Å². The number of aliphatic carboxylic acids is 1. The van der Waals surface area contributed by atoms with Crippen LogP contribution in [0.15, 0.2) is 51.7 Å². The van der Waals surface area contributed by atoms with E-state index in [-0.39, 0.29) is 28.2 Å². The van der Waals surface area contributed by atoms with E-state index in [4.69, 9.17) is 19.0 Å². The number of phenolic OH excluding ortho intramolecular Hbond substituents is 2. The molecule has 1 saturated heterocycles. The lowest BCUT2D eigenvalue weighted by molar-refractivity contribution is -0.271. The van der Waals surface area contributed by atoms with Crippen LogP contribution in [0.25, 0.3) is 22.3 Å². The number of hydrogen-bond acceptors (Lipinski definition) is 10. The van der Waals surface area contributed by atoms with Gasteiger partial charge in [-0.2, -0.15) is 0 Å². The largest absolute Gasteiger partial charge is 0.508 e. The Bertz CT molecular complexity index is 1220. The standard InChI is InChI=1S/C21H18O11/c22-9-3-1-8(2-4-9)13-6-11(23)10-5-12(24)15(7-14(10)30-13)31-21-18(27)16(25)17(26)19(32-21)20(28)29/h1-7,16-19,21-22,24-27H,(H,28,29). The van der Waals surface area contributed by atoms with E-state index in [1.54, 1.807) is 0 Å². The summed E-state index contributed by atoms with van der Waals surface area (Å²) >= 11 is 0. The van der Waals surface area contributed by atoms with Crippen LogP contribution >= 0.6 is 0 Å². The third-order valence-electron chi connectivity index (χ3n) is 5.02. The minimum Gasteiger partial charge on any atom is -0.508 e. The highest BCUT2D eigenvalue weighted by molar-refractivity contribution is 5.82. The maximum Gasteiger partial charge on any atom is 0.335 e. The summed E-state index contributed by atoms with van der Waals surface area (Å²) in [5.41, 5.74) is 0.00782. The number of phenols is 2. The summed E-state index contributed by atoms with van der Waals surface area (Å²) in [5.74, 6) is -2.27. The highest BCUT2D eigenvalue weighted by Crippen LogP contribution is 2.35. The third kappa shape index (κ3) is 3.85. The van der Waals surface area contributed by atoms with E-state index in [1.807, 2.05) is 0 Å². The number of benzene rings is 2. The number of carboxylic acid groups (broad SMARTS) is 1. The van der Waals surface area contributed by atoms with Gasteiger partial charge in [0.25, 0.3) is 0 Å². The molecule has 6 N–H and O–H groups in total. The van der Waals surface area contributed by atoms with Crippen LogP contribution in [0.4, 0.5) is 0 Å². The molecule has 1 aliphatic heterocycles. The molecular weight excluding hydrogens is 428 g/mol. The van der Waals surface area contributed by atoms with Crippen LogP contribution in [-0.2, 0) is 9.53 Å². The van der Waals surface area contributed by atoms with E-state index < -0.39 is 47.9 Å². The smallest absolute Gasteiger partial charge is 0.335 e. The van der Waals surface area contributed by atoms with Gasteiger partial charge in [0.1, 0.15) is 35.4 Å². The minimum absolute atomic E-state index is 0.00552. The zero-order valence-corrected chi connectivity index (χ0v) is 16.2. The Morgan fingerprint density at radius 3 is 2.28 bits per heavy atom. The number of aliphatic hydroxyl groups is 3. The molecule has 1 aliphatic rings. The molecule has 0 bridgehead atoms. The first kappa shape index (κ1) is 21.6. The topological polar surface area (TPSA) is 187 Å². The number of aliphatic hydroxyl groups excluding tert-OH is 3. The molecule has 2 heterocycles. The number of hydrogen-bond donors (Lipinski definition) is 6.